The largest absolute Gasteiger partial charge is 0.465 e. The lowest BCUT2D eigenvalue weighted by atomic mass is 10.2. The van der Waals surface area contributed by atoms with Crippen molar-refractivity contribution < 1.29 is 14.3 Å². The van der Waals surface area contributed by atoms with Gasteiger partial charge in [-0.15, -0.1) is 0 Å². The summed E-state index contributed by atoms with van der Waals surface area (Å²) in [5.74, 6) is -0.634. The molecule has 1 aromatic heterocycles. The van der Waals surface area contributed by atoms with Crippen LogP contribution in [0.15, 0.2) is 53.3 Å². The Bertz CT molecular complexity index is 1050. The Hall–Kier alpha value is -3.35. The molecule has 0 aliphatic carbocycles. The Kier molecular flexibility index (Phi) is 5.93. The summed E-state index contributed by atoms with van der Waals surface area (Å²) in [6.45, 7) is 2.96. The van der Waals surface area contributed by atoms with E-state index in [9.17, 15) is 14.4 Å². The number of ether oxygens (including phenoxy) is 1. The van der Waals surface area contributed by atoms with Gasteiger partial charge in [-0.3, -0.25) is 13.9 Å². The number of carbonyl (C=O) groups excluding carboxylic acids is 2. The smallest absolute Gasteiger partial charge is 0.337 e. The van der Waals surface area contributed by atoms with Gasteiger partial charge in [0.15, 0.2) is 0 Å². The summed E-state index contributed by atoms with van der Waals surface area (Å²) < 4.78 is 8.04. The van der Waals surface area contributed by atoms with Gasteiger partial charge >= 0.3 is 11.7 Å². The van der Waals surface area contributed by atoms with Gasteiger partial charge in [0.2, 0.25) is 5.91 Å². The Balaban J connectivity index is 1.70. The zero-order chi connectivity index (χ0) is 20.1. The monoisotopic (exact) mass is 381 g/mol. The van der Waals surface area contributed by atoms with Gasteiger partial charge in [-0.25, -0.2) is 9.59 Å². The number of nitrogens with zero attached hydrogens (tertiary/aromatic N) is 2. The zero-order valence-electron chi connectivity index (χ0n) is 16.0. The highest BCUT2D eigenvalue weighted by atomic mass is 16.5. The van der Waals surface area contributed by atoms with Gasteiger partial charge < -0.3 is 10.1 Å². The Morgan fingerprint density at radius 2 is 1.57 bits per heavy atom. The molecule has 1 heterocycles. The van der Waals surface area contributed by atoms with Crippen LogP contribution in [0.1, 0.15) is 30.1 Å². The molecule has 0 saturated heterocycles. The van der Waals surface area contributed by atoms with E-state index in [4.69, 9.17) is 0 Å². The molecular formula is C21H23N3O4. The van der Waals surface area contributed by atoms with E-state index in [1.54, 1.807) is 33.4 Å². The van der Waals surface area contributed by atoms with E-state index < -0.39 is 5.97 Å². The predicted molar refractivity (Wildman–Crippen MR) is 108 cm³/mol. The molecule has 2 aromatic carbocycles. The van der Waals surface area contributed by atoms with Crippen LogP contribution in [0.25, 0.3) is 11.0 Å². The highest BCUT2D eigenvalue weighted by Crippen LogP contribution is 2.14. The molecule has 1 amide bonds. The summed E-state index contributed by atoms with van der Waals surface area (Å²) in [7, 11) is 1.32. The highest BCUT2D eigenvalue weighted by Gasteiger charge is 2.13. The molecule has 0 unspecified atom stereocenters. The van der Waals surface area contributed by atoms with E-state index in [1.807, 2.05) is 31.2 Å². The van der Waals surface area contributed by atoms with E-state index >= 15 is 0 Å². The van der Waals surface area contributed by atoms with Crippen LogP contribution in [0.2, 0.25) is 0 Å². The van der Waals surface area contributed by atoms with Gasteiger partial charge in [0, 0.05) is 25.2 Å². The number of hydrogen-bond donors (Lipinski definition) is 1. The number of nitrogens with one attached hydrogen (secondary N) is 1. The number of carbonyl (C=O) groups is 2. The summed E-state index contributed by atoms with van der Waals surface area (Å²) in [5.41, 5.74) is 2.61. The Labute approximate surface area is 162 Å². The van der Waals surface area contributed by atoms with Crippen molar-refractivity contribution in [3.63, 3.8) is 0 Å². The molecule has 3 rings (SSSR count). The van der Waals surface area contributed by atoms with Crippen LogP contribution in [-0.2, 0) is 22.6 Å². The van der Waals surface area contributed by atoms with Gasteiger partial charge in [-0.05, 0) is 42.8 Å². The van der Waals surface area contributed by atoms with Gasteiger partial charge in [0.05, 0.1) is 23.7 Å². The number of imidazole rings is 1. The van der Waals surface area contributed by atoms with E-state index in [0.29, 0.717) is 24.3 Å². The quantitative estimate of drug-likeness (QED) is 0.638. The third-order valence-corrected chi connectivity index (χ3v) is 4.52. The molecule has 7 nitrogen and oxygen atoms in total. The number of benzene rings is 2. The summed E-state index contributed by atoms with van der Waals surface area (Å²) in [6, 6.07) is 14.1. The van der Waals surface area contributed by atoms with E-state index in [2.05, 4.69) is 10.1 Å². The Morgan fingerprint density at radius 1 is 0.964 bits per heavy atom. The fourth-order valence-electron chi connectivity index (χ4n) is 3.17. The van der Waals surface area contributed by atoms with Crippen molar-refractivity contribution in [3.05, 3.63) is 64.6 Å². The van der Waals surface area contributed by atoms with Crippen molar-refractivity contribution in [2.45, 2.75) is 32.9 Å². The van der Waals surface area contributed by atoms with Crippen LogP contribution in [0, 0.1) is 0 Å². The number of anilines is 1. The van der Waals surface area contributed by atoms with Crippen LogP contribution < -0.4 is 11.0 Å². The normalized spacial score (nSPS) is 10.8. The topological polar surface area (TPSA) is 82.3 Å². The first kappa shape index (κ1) is 19.4. The summed E-state index contributed by atoms with van der Waals surface area (Å²) in [4.78, 5) is 36.5. The van der Waals surface area contributed by atoms with Crippen LogP contribution in [0.3, 0.4) is 0 Å². The summed E-state index contributed by atoms with van der Waals surface area (Å²) in [6.07, 6.45) is 1.02. The first-order valence-electron chi connectivity index (χ1n) is 9.21. The summed E-state index contributed by atoms with van der Waals surface area (Å²) in [5, 5.41) is 2.78. The second-order valence-electron chi connectivity index (χ2n) is 6.44. The molecular weight excluding hydrogens is 358 g/mol. The molecule has 7 heteroatoms. The lowest BCUT2D eigenvalue weighted by Crippen LogP contribution is -2.26. The minimum Gasteiger partial charge on any atom is -0.465 e. The highest BCUT2D eigenvalue weighted by molar-refractivity contribution is 5.93. The van der Waals surface area contributed by atoms with E-state index in [-0.39, 0.29) is 18.0 Å². The van der Waals surface area contributed by atoms with Gasteiger partial charge in [0.25, 0.3) is 0 Å². The number of hydrogen-bond acceptors (Lipinski definition) is 4. The molecule has 28 heavy (non-hydrogen) atoms. The second kappa shape index (κ2) is 8.56. The Morgan fingerprint density at radius 3 is 2.14 bits per heavy atom. The third kappa shape index (κ3) is 3.98. The maximum atomic E-state index is 12.7. The molecule has 0 atom stereocenters. The van der Waals surface area contributed by atoms with Crippen LogP contribution >= 0.6 is 0 Å². The zero-order valence-corrected chi connectivity index (χ0v) is 16.0. The summed E-state index contributed by atoms with van der Waals surface area (Å²) >= 11 is 0. The number of rotatable bonds is 7. The second-order valence-corrected chi connectivity index (χ2v) is 6.44. The lowest BCUT2D eigenvalue weighted by Gasteiger charge is -2.07. The molecule has 146 valence electrons. The van der Waals surface area contributed by atoms with E-state index in [1.165, 1.54) is 7.11 Å². The predicted octanol–water partition coefficient (Wildman–Crippen LogP) is 3.03. The fourth-order valence-corrected chi connectivity index (χ4v) is 3.17. The van der Waals surface area contributed by atoms with Gasteiger partial charge in [-0.2, -0.15) is 0 Å². The first-order chi connectivity index (χ1) is 13.5. The molecule has 0 bridgehead atoms. The molecule has 0 aliphatic heterocycles. The number of aryl methyl sites for hydroxylation is 2. The van der Waals surface area contributed by atoms with Crippen molar-refractivity contribution in [2.24, 2.45) is 0 Å². The van der Waals surface area contributed by atoms with Crippen molar-refractivity contribution >= 4 is 28.6 Å². The molecule has 3 aromatic rings. The lowest BCUT2D eigenvalue weighted by molar-refractivity contribution is -0.116. The molecule has 0 aliphatic rings. The number of esters is 1. The third-order valence-electron chi connectivity index (χ3n) is 4.52. The minimum absolute atomic E-state index is 0.0988. The number of fused-ring (bicyclic) bond motifs is 1. The molecule has 0 saturated carbocycles. The maximum Gasteiger partial charge on any atom is 0.337 e. The average molecular weight is 381 g/mol. The number of amides is 1. The standard InChI is InChI=1S/C21H23N3O4/c1-3-13-23-17-6-4-5-7-18(17)24(21(23)27)14-12-19(25)22-16-10-8-15(9-11-16)20(26)28-2/h4-11H,3,12-14H2,1-2H3,(H,22,25). The van der Waals surface area contributed by atoms with Crippen LogP contribution in [0.5, 0.6) is 0 Å². The first-order valence-corrected chi connectivity index (χ1v) is 9.21. The maximum absolute atomic E-state index is 12.7. The van der Waals surface area contributed by atoms with Crippen LogP contribution in [0.4, 0.5) is 5.69 Å². The van der Waals surface area contributed by atoms with Crippen molar-refractivity contribution in [3.8, 4) is 0 Å². The molecule has 0 radical (unpaired) electrons. The van der Waals surface area contributed by atoms with Crippen molar-refractivity contribution in [2.75, 3.05) is 12.4 Å². The van der Waals surface area contributed by atoms with Crippen LogP contribution in [-0.4, -0.2) is 28.1 Å². The van der Waals surface area contributed by atoms with Gasteiger partial charge in [0.1, 0.15) is 0 Å². The minimum atomic E-state index is -0.430. The van der Waals surface area contributed by atoms with Crippen molar-refractivity contribution in [1.82, 2.24) is 9.13 Å². The molecule has 0 spiro atoms. The average Bonchev–Trinajstić information content (AvgIpc) is 2.98. The molecule has 0 fully saturated rings. The van der Waals surface area contributed by atoms with Crippen molar-refractivity contribution in [1.29, 1.82) is 0 Å². The fraction of sp³-hybridized carbons (Fsp3) is 0.286. The van der Waals surface area contributed by atoms with Gasteiger partial charge in [-0.1, -0.05) is 19.1 Å². The molecule has 1 N–H and O–H groups in total. The SMILES string of the molecule is CCCn1c(=O)n(CCC(=O)Nc2ccc(C(=O)OC)cc2)c2ccccc21. The number of methoxy groups -OCH3 is 1. The number of para-hydroxylation sites is 2. The number of aromatic nitrogens is 2. The van der Waals surface area contributed by atoms with E-state index in [0.717, 1.165) is 17.5 Å².